The van der Waals surface area contributed by atoms with E-state index in [1.54, 1.807) is 24.0 Å². The van der Waals surface area contributed by atoms with Crippen LogP contribution in [0.4, 0.5) is 8.78 Å². The Balaban J connectivity index is 2.47. The van der Waals surface area contributed by atoms with E-state index < -0.39 is 11.6 Å². The van der Waals surface area contributed by atoms with Gasteiger partial charge in [-0.3, -0.25) is 0 Å². The van der Waals surface area contributed by atoms with Crippen molar-refractivity contribution in [1.82, 2.24) is 20.3 Å². The molecule has 0 aliphatic heterocycles. The molecule has 2 rings (SSSR count). The highest BCUT2D eigenvalue weighted by atomic mass is 79.9. The van der Waals surface area contributed by atoms with Crippen molar-refractivity contribution in [3.05, 3.63) is 45.7 Å². The van der Waals surface area contributed by atoms with Gasteiger partial charge in [0, 0.05) is 6.54 Å². The second-order valence-corrected chi connectivity index (χ2v) is 5.16. The average molecular weight is 345 g/mol. The Labute approximate surface area is 124 Å². The zero-order valence-corrected chi connectivity index (χ0v) is 12.8. The zero-order chi connectivity index (χ0) is 14.7. The van der Waals surface area contributed by atoms with Crippen LogP contribution in [0, 0.1) is 11.6 Å². The lowest BCUT2D eigenvalue weighted by molar-refractivity contribution is 0.493. The van der Waals surface area contributed by atoms with Gasteiger partial charge in [-0.05, 0) is 41.0 Å². The fraction of sp³-hybridized carbons (Fsp3) is 0.385. The van der Waals surface area contributed by atoms with Gasteiger partial charge in [0.25, 0.3) is 0 Å². The van der Waals surface area contributed by atoms with Crippen molar-refractivity contribution in [2.75, 3.05) is 7.05 Å². The van der Waals surface area contributed by atoms with Gasteiger partial charge in [-0.25, -0.2) is 13.5 Å². The molecule has 0 spiro atoms. The van der Waals surface area contributed by atoms with Crippen LogP contribution >= 0.6 is 15.9 Å². The van der Waals surface area contributed by atoms with Gasteiger partial charge < -0.3 is 5.32 Å². The number of nitrogens with zero attached hydrogens (tertiary/aromatic N) is 3. The van der Waals surface area contributed by atoms with E-state index in [1.807, 2.05) is 6.92 Å². The average Bonchev–Trinajstić information content (AvgIpc) is 2.88. The number of aryl methyl sites for hydroxylation is 1. The molecule has 1 aromatic carbocycles. The summed E-state index contributed by atoms with van der Waals surface area (Å²) >= 11 is 3.12. The van der Waals surface area contributed by atoms with E-state index in [9.17, 15) is 8.78 Å². The van der Waals surface area contributed by atoms with Gasteiger partial charge in [-0.15, -0.1) is 5.10 Å². The molecule has 0 fully saturated rings. The number of rotatable bonds is 5. The molecule has 1 atom stereocenters. The maximum absolute atomic E-state index is 13.7. The van der Waals surface area contributed by atoms with E-state index in [2.05, 4.69) is 31.6 Å². The summed E-state index contributed by atoms with van der Waals surface area (Å²) in [5.74, 6) is -1.77. The molecule has 0 radical (unpaired) electrons. The standard InChI is InChI=1S/C13H15BrF2N4/c1-3-6-20-10(7-18-19-20)13(17-2)8-4-5-9(15)12(16)11(8)14/h4-5,7,13,17H,3,6H2,1-2H3. The summed E-state index contributed by atoms with van der Waals surface area (Å²) in [5.41, 5.74) is 1.41. The molecule has 20 heavy (non-hydrogen) atoms. The number of halogens is 3. The Kier molecular flexibility index (Phi) is 4.82. The highest BCUT2D eigenvalue weighted by Gasteiger charge is 2.22. The smallest absolute Gasteiger partial charge is 0.173 e. The summed E-state index contributed by atoms with van der Waals surface area (Å²) < 4.78 is 28.8. The summed E-state index contributed by atoms with van der Waals surface area (Å²) in [6.07, 6.45) is 2.54. The molecular weight excluding hydrogens is 330 g/mol. The van der Waals surface area contributed by atoms with Crippen LogP contribution < -0.4 is 5.32 Å². The number of nitrogens with one attached hydrogen (secondary N) is 1. The predicted molar refractivity (Wildman–Crippen MR) is 75.3 cm³/mol. The molecule has 108 valence electrons. The highest BCUT2D eigenvalue weighted by Crippen LogP contribution is 2.31. The van der Waals surface area contributed by atoms with E-state index in [0.29, 0.717) is 5.56 Å². The van der Waals surface area contributed by atoms with Gasteiger partial charge in [0.05, 0.1) is 22.4 Å². The minimum Gasteiger partial charge on any atom is -0.308 e. The minimum absolute atomic E-state index is 0.112. The lowest BCUT2D eigenvalue weighted by Crippen LogP contribution is -2.22. The van der Waals surface area contributed by atoms with Gasteiger partial charge in [0.15, 0.2) is 11.6 Å². The highest BCUT2D eigenvalue weighted by molar-refractivity contribution is 9.10. The molecule has 2 aromatic rings. The van der Waals surface area contributed by atoms with Crippen LogP contribution in [0.1, 0.15) is 30.6 Å². The SMILES string of the molecule is CCCn1nncc1C(NC)c1ccc(F)c(F)c1Br. The molecule has 0 bridgehead atoms. The van der Waals surface area contributed by atoms with Crippen LogP contribution in [0.5, 0.6) is 0 Å². The summed E-state index contributed by atoms with van der Waals surface area (Å²) in [5, 5.41) is 11.0. The normalized spacial score (nSPS) is 12.7. The monoisotopic (exact) mass is 344 g/mol. The zero-order valence-electron chi connectivity index (χ0n) is 11.2. The third kappa shape index (κ3) is 2.73. The quantitative estimate of drug-likeness (QED) is 0.847. The van der Waals surface area contributed by atoms with Gasteiger partial charge >= 0.3 is 0 Å². The van der Waals surface area contributed by atoms with E-state index in [0.717, 1.165) is 24.7 Å². The number of hydrogen-bond acceptors (Lipinski definition) is 3. The fourth-order valence-electron chi connectivity index (χ4n) is 2.10. The molecular formula is C13H15BrF2N4. The number of aromatic nitrogens is 3. The molecule has 0 saturated carbocycles. The Hall–Kier alpha value is -1.34. The summed E-state index contributed by atoms with van der Waals surface area (Å²) in [7, 11) is 1.75. The van der Waals surface area contributed by atoms with Gasteiger partial charge in [0.1, 0.15) is 0 Å². The van der Waals surface area contributed by atoms with Crippen molar-refractivity contribution in [1.29, 1.82) is 0 Å². The largest absolute Gasteiger partial charge is 0.308 e. The third-order valence-corrected chi connectivity index (χ3v) is 3.85. The molecule has 1 unspecified atom stereocenters. The molecule has 1 N–H and O–H groups in total. The molecule has 1 heterocycles. The van der Waals surface area contributed by atoms with Crippen molar-refractivity contribution >= 4 is 15.9 Å². The Morgan fingerprint density at radius 2 is 2.15 bits per heavy atom. The third-order valence-electron chi connectivity index (χ3n) is 3.04. The van der Waals surface area contributed by atoms with Crippen molar-refractivity contribution in [3.63, 3.8) is 0 Å². The Morgan fingerprint density at radius 1 is 1.40 bits per heavy atom. The van der Waals surface area contributed by atoms with E-state index in [-0.39, 0.29) is 10.5 Å². The molecule has 1 aromatic heterocycles. The van der Waals surface area contributed by atoms with Crippen molar-refractivity contribution in [2.45, 2.75) is 25.9 Å². The fourth-order valence-corrected chi connectivity index (χ4v) is 2.65. The van der Waals surface area contributed by atoms with Crippen LogP contribution in [0.2, 0.25) is 0 Å². The topological polar surface area (TPSA) is 42.7 Å². The maximum Gasteiger partial charge on any atom is 0.173 e. The second-order valence-electron chi connectivity index (χ2n) is 4.37. The van der Waals surface area contributed by atoms with Crippen molar-refractivity contribution < 1.29 is 8.78 Å². The number of benzene rings is 1. The van der Waals surface area contributed by atoms with E-state index in [4.69, 9.17) is 0 Å². The molecule has 4 nitrogen and oxygen atoms in total. The number of hydrogen-bond donors (Lipinski definition) is 1. The second kappa shape index (κ2) is 6.41. The Bertz CT molecular complexity index is 600. The molecule has 0 aliphatic rings. The minimum atomic E-state index is -0.891. The molecule has 0 amide bonds. The lowest BCUT2D eigenvalue weighted by atomic mass is 10.0. The van der Waals surface area contributed by atoms with E-state index >= 15 is 0 Å². The van der Waals surface area contributed by atoms with Crippen LogP contribution in [0.15, 0.2) is 22.8 Å². The predicted octanol–water partition coefficient (Wildman–Crippen LogP) is 3.04. The molecule has 7 heteroatoms. The van der Waals surface area contributed by atoms with Gasteiger partial charge in [-0.1, -0.05) is 18.2 Å². The lowest BCUT2D eigenvalue weighted by Gasteiger charge is -2.19. The first kappa shape index (κ1) is 15.1. The maximum atomic E-state index is 13.7. The molecule has 0 saturated heterocycles. The van der Waals surface area contributed by atoms with Gasteiger partial charge in [-0.2, -0.15) is 0 Å². The van der Waals surface area contributed by atoms with Crippen LogP contribution in [-0.4, -0.2) is 22.0 Å². The van der Waals surface area contributed by atoms with Crippen LogP contribution in [0.3, 0.4) is 0 Å². The van der Waals surface area contributed by atoms with Crippen LogP contribution in [0.25, 0.3) is 0 Å². The summed E-state index contributed by atoms with van der Waals surface area (Å²) in [4.78, 5) is 0. The van der Waals surface area contributed by atoms with Crippen molar-refractivity contribution in [3.8, 4) is 0 Å². The first-order valence-corrected chi connectivity index (χ1v) is 7.08. The Morgan fingerprint density at radius 3 is 2.80 bits per heavy atom. The first-order valence-electron chi connectivity index (χ1n) is 6.29. The summed E-state index contributed by atoms with van der Waals surface area (Å²) in [6.45, 7) is 2.75. The van der Waals surface area contributed by atoms with Gasteiger partial charge in [0.2, 0.25) is 0 Å². The van der Waals surface area contributed by atoms with E-state index in [1.165, 1.54) is 0 Å². The summed E-state index contributed by atoms with van der Waals surface area (Å²) in [6, 6.07) is 2.35. The van der Waals surface area contributed by atoms with Crippen molar-refractivity contribution in [2.24, 2.45) is 0 Å². The molecule has 0 aliphatic carbocycles. The van der Waals surface area contributed by atoms with Crippen LogP contribution in [-0.2, 0) is 6.54 Å². The first-order chi connectivity index (χ1) is 9.60.